The van der Waals surface area contributed by atoms with Gasteiger partial charge in [-0.2, -0.15) is 11.8 Å². The van der Waals surface area contributed by atoms with Crippen LogP contribution in [0.5, 0.6) is 0 Å². The number of amides is 1. The zero-order chi connectivity index (χ0) is 13.9. The summed E-state index contributed by atoms with van der Waals surface area (Å²) in [6.07, 6.45) is 1.92. The highest BCUT2D eigenvalue weighted by Crippen LogP contribution is 2.20. The van der Waals surface area contributed by atoms with Gasteiger partial charge < -0.3 is 14.8 Å². The Morgan fingerprint density at radius 3 is 2.44 bits per heavy atom. The quantitative estimate of drug-likeness (QED) is 0.860. The van der Waals surface area contributed by atoms with Gasteiger partial charge in [0.2, 0.25) is 0 Å². The van der Waals surface area contributed by atoms with Crippen molar-refractivity contribution in [3.8, 4) is 0 Å². The van der Waals surface area contributed by atoms with E-state index in [0.717, 1.165) is 11.3 Å². The first kappa shape index (κ1) is 15.1. The number of carbonyl (C=O) groups is 1. The summed E-state index contributed by atoms with van der Waals surface area (Å²) in [7, 11) is 0. The molecule has 4 nitrogen and oxygen atoms in total. The lowest BCUT2D eigenvalue weighted by atomic mass is 10.1. The van der Waals surface area contributed by atoms with Crippen molar-refractivity contribution in [3.05, 3.63) is 22.6 Å². The standard InChI is InChI=1S/C13H21NO3S/c1-8-9(2)17-10(3)11(8)12(15)14-6-13(4,16)7-18-5/h16H,6-7H2,1-5H3,(H,14,15)/t13-/m0/s1. The van der Waals surface area contributed by atoms with Crippen molar-refractivity contribution in [1.82, 2.24) is 5.32 Å². The van der Waals surface area contributed by atoms with Crippen LogP contribution in [0.15, 0.2) is 4.42 Å². The minimum Gasteiger partial charge on any atom is -0.466 e. The summed E-state index contributed by atoms with van der Waals surface area (Å²) >= 11 is 1.55. The second kappa shape index (κ2) is 5.80. The van der Waals surface area contributed by atoms with E-state index in [1.54, 1.807) is 25.6 Å². The number of furan rings is 1. The number of aliphatic hydroxyl groups is 1. The fraction of sp³-hybridized carbons (Fsp3) is 0.615. The van der Waals surface area contributed by atoms with Crippen molar-refractivity contribution in [2.45, 2.75) is 33.3 Å². The van der Waals surface area contributed by atoms with E-state index < -0.39 is 5.60 Å². The molecule has 0 aliphatic carbocycles. The Morgan fingerprint density at radius 2 is 2.00 bits per heavy atom. The average Bonchev–Trinajstić information content (AvgIpc) is 2.50. The fourth-order valence-electron chi connectivity index (χ4n) is 1.85. The smallest absolute Gasteiger partial charge is 0.255 e. The first-order valence-electron chi connectivity index (χ1n) is 5.84. The predicted octanol–water partition coefficient (Wildman–Crippen LogP) is 2.05. The molecule has 1 atom stereocenters. The largest absolute Gasteiger partial charge is 0.466 e. The summed E-state index contributed by atoms with van der Waals surface area (Å²) in [6.45, 7) is 7.42. The van der Waals surface area contributed by atoms with Crippen LogP contribution in [0, 0.1) is 20.8 Å². The van der Waals surface area contributed by atoms with E-state index >= 15 is 0 Å². The summed E-state index contributed by atoms with van der Waals surface area (Å²) in [6, 6.07) is 0. The third-order valence-corrected chi connectivity index (χ3v) is 3.78. The highest BCUT2D eigenvalue weighted by Gasteiger charge is 2.23. The highest BCUT2D eigenvalue weighted by molar-refractivity contribution is 7.98. The predicted molar refractivity (Wildman–Crippen MR) is 74.3 cm³/mol. The molecule has 1 heterocycles. The van der Waals surface area contributed by atoms with Crippen LogP contribution in [-0.4, -0.2) is 35.2 Å². The van der Waals surface area contributed by atoms with E-state index in [4.69, 9.17) is 4.42 Å². The molecule has 0 saturated heterocycles. The van der Waals surface area contributed by atoms with Gasteiger partial charge in [0.25, 0.3) is 5.91 Å². The molecule has 0 fully saturated rings. The van der Waals surface area contributed by atoms with Crippen LogP contribution < -0.4 is 5.32 Å². The zero-order valence-electron chi connectivity index (χ0n) is 11.6. The molecule has 1 amide bonds. The summed E-state index contributed by atoms with van der Waals surface area (Å²) in [4.78, 5) is 12.1. The summed E-state index contributed by atoms with van der Waals surface area (Å²) < 4.78 is 5.42. The molecule has 0 aliphatic rings. The van der Waals surface area contributed by atoms with E-state index in [9.17, 15) is 9.90 Å². The first-order chi connectivity index (χ1) is 8.28. The SMILES string of the molecule is CSC[C@@](C)(O)CNC(=O)c1c(C)oc(C)c1C. The van der Waals surface area contributed by atoms with Crippen molar-refractivity contribution in [2.75, 3.05) is 18.6 Å². The van der Waals surface area contributed by atoms with Crippen LogP contribution >= 0.6 is 11.8 Å². The Kier molecular flexibility index (Phi) is 4.87. The lowest BCUT2D eigenvalue weighted by molar-refractivity contribution is 0.0724. The van der Waals surface area contributed by atoms with Gasteiger partial charge in [-0.15, -0.1) is 0 Å². The number of rotatable bonds is 5. The maximum atomic E-state index is 12.1. The second-order valence-corrected chi connectivity index (χ2v) is 5.69. The van der Waals surface area contributed by atoms with E-state index in [0.29, 0.717) is 17.1 Å². The van der Waals surface area contributed by atoms with Crippen LogP contribution in [0.4, 0.5) is 0 Å². The molecular formula is C13H21NO3S. The number of hydrogen-bond acceptors (Lipinski definition) is 4. The van der Waals surface area contributed by atoms with Gasteiger partial charge in [0.05, 0.1) is 11.2 Å². The Morgan fingerprint density at radius 1 is 1.39 bits per heavy atom. The van der Waals surface area contributed by atoms with Crippen molar-refractivity contribution in [2.24, 2.45) is 0 Å². The van der Waals surface area contributed by atoms with Gasteiger partial charge in [0, 0.05) is 17.9 Å². The van der Waals surface area contributed by atoms with Crippen molar-refractivity contribution >= 4 is 17.7 Å². The molecular weight excluding hydrogens is 250 g/mol. The molecule has 0 aliphatic heterocycles. The minimum atomic E-state index is -0.893. The summed E-state index contributed by atoms with van der Waals surface area (Å²) in [5.41, 5.74) is 0.539. The second-order valence-electron chi connectivity index (χ2n) is 4.83. The Balaban J connectivity index is 2.72. The highest BCUT2D eigenvalue weighted by atomic mass is 32.2. The minimum absolute atomic E-state index is 0.191. The summed E-state index contributed by atoms with van der Waals surface area (Å²) in [5.74, 6) is 1.76. The summed E-state index contributed by atoms with van der Waals surface area (Å²) in [5, 5.41) is 12.8. The normalized spacial score (nSPS) is 14.3. The van der Waals surface area contributed by atoms with Gasteiger partial charge in [0.15, 0.2) is 0 Å². The van der Waals surface area contributed by atoms with Gasteiger partial charge in [-0.05, 0) is 34.0 Å². The lowest BCUT2D eigenvalue weighted by Crippen LogP contribution is -2.42. The number of aryl methyl sites for hydroxylation is 2. The van der Waals surface area contributed by atoms with Crippen LogP contribution in [0.2, 0.25) is 0 Å². The van der Waals surface area contributed by atoms with Crippen molar-refractivity contribution in [1.29, 1.82) is 0 Å². The monoisotopic (exact) mass is 271 g/mol. The van der Waals surface area contributed by atoms with E-state index in [-0.39, 0.29) is 12.5 Å². The number of hydrogen-bond donors (Lipinski definition) is 2. The average molecular weight is 271 g/mol. The Labute approximate surface area is 112 Å². The molecule has 0 saturated carbocycles. The molecule has 0 bridgehead atoms. The van der Waals surface area contributed by atoms with Crippen molar-refractivity contribution in [3.63, 3.8) is 0 Å². The number of nitrogens with one attached hydrogen (secondary N) is 1. The van der Waals surface area contributed by atoms with E-state index in [2.05, 4.69) is 5.32 Å². The Hall–Kier alpha value is -0.940. The number of carbonyl (C=O) groups excluding carboxylic acids is 1. The van der Waals surface area contributed by atoms with Gasteiger partial charge >= 0.3 is 0 Å². The van der Waals surface area contributed by atoms with Gasteiger partial charge in [-0.25, -0.2) is 0 Å². The molecule has 1 aromatic heterocycles. The third kappa shape index (κ3) is 3.53. The number of thioether (sulfide) groups is 1. The molecule has 0 aromatic carbocycles. The zero-order valence-corrected chi connectivity index (χ0v) is 12.4. The van der Waals surface area contributed by atoms with Crippen LogP contribution in [0.1, 0.15) is 34.4 Å². The topological polar surface area (TPSA) is 62.5 Å². The molecule has 1 aromatic rings. The molecule has 2 N–H and O–H groups in total. The first-order valence-corrected chi connectivity index (χ1v) is 7.24. The molecule has 0 radical (unpaired) electrons. The molecule has 102 valence electrons. The van der Waals surface area contributed by atoms with Crippen LogP contribution in [-0.2, 0) is 0 Å². The van der Waals surface area contributed by atoms with Gasteiger partial charge in [-0.1, -0.05) is 0 Å². The molecule has 1 rings (SSSR count). The molecule has 0 unspecified atom stereocenters. The Bertz CT molecular complexity index is 438. The van der Waals surface area contributed by atoms with Gasteiger partial charge in [0.1, 0.15) is 11.5 Å². The molecule has 18 heavy (non-hydrogen) atoms. The third-order valence-electron chi connectivity index (χ3n) is 2.87. The van der Waals surface area contributed by atoms with E-state index in [1.165, 1.54) is 0 Å². The molecule has 0 spiro atoms. The maximum Gasteiger partial charge on any atom is 0.255 e. The van der Waals surface area contributed by atoms with Crippen LogP contribution in [0.3, 0.4) is 0 Å². The lowest BCUT2D eigenvalue weighted by Gasteiger charge is -2.22. The van der Waals surface area contributed by atoms with Gasteiger partial charge in [-0.3, -0.25) is 4.79 Å². The van der Waals surface area contributed by atoms with Crippen LogP contribution in [0.25, 0.3) is 0 Å². The van der Waals surface area contributed by atoms with Crippen molar-refractivity contribution < 1.29 is 14.3 Å². The molecule has 5 heteroatoms. The maximum absolute atomic E-state index is 12.1. The fourth-order valence-corrected chi connectivity index (χ4v) is 2.57. The van der Waals surface area contributed by atoms with E-state index in [1.807, 2.05) is 20.1 Å².